The van der Waals surface area contributed by atoms with Crippen LogP contribution in [0.3, 0.4) is 0 Å². The largest absolute Gasteiger partial charge is 0.373 e. The first kappa shape index (κ1) is 25.9. The molecule has 4 aromatic rings. The van der Waals surface area contributed by atoms with E-state index in [0.29, 0.717) is 19.5 Å². The van der Waals surface area contributed by atoms with Gasteiger partial charge in [-0.05, 0) is 98.5 Å². The van der Waals surface area contributed by atoms with Gasteiger partial charge in [0.2, 0.25) is 10.0 Å². The summed E-state index contributed by atoms with van der Waals surface area (Å²) in [5.74, 6) is -0.182. The van der Waals surface area contributed by atoms with Gasteiger partial charge in [0.25, 0.3) is 0 Å². The van der Waals surface area contributed by atoms with E-state index in [1.165, 1.54) is 12.1 Å². The van der Waals surface area contributed by atoms with Crippen LogP contribution in [0.15, 0.2) is 72.9 Å². The highest BCUT2D eigenvalue weighted by molar-refractivity contribution is 7.90. The van der Waals surface area contributed by atoms with Crippen molar-refractivity contribution in [2.75, 3.05) is 20.2 Å². The average molecular weight is 560 g/mol. The maximum atomic E-state index is 13.8. The summed E-state index contributed by atoms with van der Waals surface area (Å²) in [5, 5.41) is 5.61. The van der Waals surface area contributed by atoms with Crippen molar-refractivity contribution < 1.29 is 17.5 Å². The number of hydrogen-bond donors (Lipinski definition) is 0. The Kier molecular flexibility index (Phi) is 5.64. The van der Waals surface area contributed by atoms with E-state index in [0.717, 1.165) is 52.5 Å². The Hall–Kier alpha value is -3.07. The molecule has 1 aromatic heterocycles. The monoisotopic (exact) mass is 559 g/mol. The fourth-order valence-electron chi connectivity index (χ4n) is 7.44. The average Bonchev–Trinajstić information content (AvgIpc) is 3.29. The van der Waals surface area contributed by atoms with Crippen LogP contribution < -0.4 is 0 Å². The summed E-state index contributed by atoms with van der Waals surface area (Å²) in [6, 6.07) is 21.0. The van der Waals surface area contributed by atoms with E-state index in [1.807, 2.05) is 36.0 Å². The quantitative estimate of drug-likeness (QED) is 0.297. The summed E-state index contributed by atoms with van der Waals surface area (Å²) in [4.78, 5) is 0. The van der Waals surface area contributed by atoms with E-state index in [-0.39, 0.29) is 11.7 Å². The van der Waals surface area contributed by atoms with E-state index in [9.17, 15) is 12.8 Å². The molecule has 3 aliphatic rings. The lowest BCUT2D eigenvalue weighted by Gasteiger charge is -2.35. The van der Waals surface area contributed by atoms with Crippen LogP contribution in [0.25, 0.3) is 16.6 Å². The number of rotatable bonds is 6. The van der Waals surface area contributed by atoms with Gasteiger partial charge in [-0.2, -0.15) is 5.10 Å². The minimum atomic E-state index is -3.41. The van der Waals surface area contributed by atoms with Gasteiger partial charge in [-0.15, -0.1) is 0 Å². The van der Waals surface area contributed by atoms with Crippen molar-refractivity contribution >= 4 is 20.9 Å². The van der Waals surface area contributed by atoms with Gasteiger partial charge in [0, 0.05) is 31.0 Å². The van der Waals surface area contributed by atoms with Gasteiger partial charge in [0.1, 0.15) is 5.82 Å². The fourth-order valence-corrected chi connectivity index (χ4v) is 9.45. The number of aryl methyl sites for hydroxylation is 1. The molecule has 0 bridgehead atoms. The molecule has 1 aliphatic heterocycles. The van der Waals surface area contributed by atoms with E-state index in [1.54, 1.807) is 23.5 Å². The number of benzene rings is 3. The fraction of sp³-hybridized carbons (Fsp3) is 0.406. The maximum absolute atomic E-state index is 13.8. The molecule has 3 atom stereocenters. The molecule has 0 amide bonds. The molecule has 2 saturated carbocycles. The third-order valence-electron chi connectivity index (χ3n) is 9.97. The van der Waals surface area contributed by atoms with Gasteiger partial charge >= 0.3 is 0 Å². The van der Waals surface area contributed by atoms with Crippen LogP contribution in [0, 0.1) is 18.7 Å². The van der Waals surface area contributed by atoms with Crippen LogP contribution in [-0.4, -0.2) is 47.4 Å². The van der Waals surface area contributed by atoms with Crippen molar-refractivity contribution in [2.45, 2.75) is 55.3 Å². The predicted molar refractivity (Wildman–Crippen MR) is 153 cm³/mol. The molecule has 7 rings (SSSR count). The Balaban J connectivity index is 1.36. The third-order valence-corrected chi connectivity index (χ3v) is 12.6. The Bertz CT molecular complexity index is 1720. The van der Waals surface area contributed by atoms with Crippen LogP contribution in [0.5, 0.6) is 0 Å². The summed E-state index contributed by atoms with van der Waals surface area (Å²) in [6.45, 7) is 4.94. The first-order valence-corrected chi connectivity index (χ1v) is 15.4. The van der Waals surface area contributed by atoms with Crippen molar-refractivity contribution in [3.8, 4) is 5.69 Å². The first-order valence-electron chi connectivity index (χ1n) is 14.0. The molecule has 0 N–H and O–H groups in total. The summed E-state index contributed by atoms with van der Waals surface area (Å²) in [7, 11) is -1.63. The molecule has 3 unspecified atom stereocenters. The van der Waals surface area contributed by atoms with Gasteiger partial charge < -0.3 is 4.74 Å². The van der Waals surface area contributed by atoms with E-state index in [4.69, 9.17) is 4.74 Å². The van der Waals surface area contributed by atoms with Gasteiger partial charge in [-0.3, -0.25) is 0 Å². The Morgan fingerprint density at radius 1 is 1.05 bits per heavy atom. The Morgan fingerprint density at radius 2 is 1.77 bits per heavy atom. The number of fused-ring (bicyclic) bond motifs is 2. The molecular weight excluding hydrogens is 525 g/mol. The molecule has 6 nitrogen and oxygen atoms in total. The highest BCUT2D eigenvalue weighted by Gasteiger charge is 2.64. The number of nitrogens with zero attached hydrogens (tertiary/aromatic N) is 3. The van der Waals surface area contributed by atoms with Crippen molar-refractivity contribution in [3.05, 3.63) is 95.4 Å². The van der Waals surface area contributed by atoms with E-state index >= 15 is 0 Å². The van der Waals surface area contributed by atoms with Crippen LogP contribution in [0.4, 0.5) is 4.39 Å². The van der Waals surface area contributed by atoms with Crippen LogP contribution in [0.2, 0.25) is 0 Å². The van der Waals surface area contributed by atoms with Gasteiger partial charge in [0.15, 0.2) is 0 Å². The molecular formula is C32H34FN3O3S. The molecule has 40 heavy (non-hydrogen) atoms. The number of ether oxygens (including phenoxy) is 1. The van der Waals surface area contributed by atoms with Gasteiger partial charge in [-0.1, -0.05) is 30.3 Å². The SMILES string of the molecule is COC1(c2ccccc2)CC2CN(S(=O)(=O)C3(C)CC3)CC2(c2cc3cnn(-c4ccc(F)cc4)c3cc2C)C1. The summed E-state index contributed by atoms with van der Waals surface area (Å²) < 4.78 is 50.4. The van der Waals surface area contributed by atoms with Crippen molar-refractivity contribution in [1.82, 2.24) is 14.1 Å². The zero-order valence-electron chi connectivity index (χ0n) is 23.1. The Morgan fingerprint density at radius 3 is 2.45 bits per heavy atom. The van der Waals surface area contributed by atoms with E-state index < -0.39 is 25.8 Å². The lowest BCUT2D eigenvalue weighted by Crippen LogP contribution is -2.42. The molecule has 0 radical (unpaired) electrons. The third kappa shape index (κ3) is 3.65. The Labute approximate surface area is 234 Å². The molecule has 8 heteroatoms. The minimum Gasteiger partial charge on any atom is -0.373 e. The second-order valence-corrected chi connectivity index (χ2v) is 14.8. The van der Waals surface area contributed by atoms with Gasteiger partial charge in [-0.25, -0.2) is 21.8 Å². The number of hydrogen-bond acceptors (Lipinski definition) is 4. The standard InChI is InChI=1S/C32H34FN3O3S/c1-22-15-29-23(18-34-36(29)27-11-9-26(33)10-12-27)16-28(22)31-20-32(39-3,24-7-5-4-6-8-24)17-25(31)19-35(21-31)40(37,38)30(2)13-14-30/h4-12,15-16,18,25H,13-14,17,19-21H2,1-3H3. The highest BCUT2D eigenvalue weighted by Crippen LogP contribution is 2.61. The van der Waals surface area contributed by atoms with Crippen LogP contribution in [-0.2, 0) is 25.8 Å². The van der Waals surface area contributed by atoms with Crippen molar-refractivity contribution in [1.29, 1.82) is 0 Å². The van der Waals surface area contributed by atoms with Crippen LogP contribution >= 0.6 is 0 Å². The van der Waals surface area contributed by atoms with Gasteiger partial charge in [0.05, 0.1) is 27.7 Å². The molecule has 1 saturated heterocycles. The molecule has 2 heterocycles. The van der Waals surface area contributed by atoms with Crippen molar-refractivity contribution in [2.24, 2.45) is 5.92 Å². The summed E-state index contributed by atoms with van der Waals surface area (Å²) in [5.41, 5.74) is 4.23. The predicted octanol–water partition coefficient (Wildman–Crippen LogP) is 5.86. The first-order chi connectivity index (χ1) is 19.1. The zero-order valence-corrected chi connectivity index (χ0v) is 23.9. The molecule has 3 aromatic carbocycles. The molecule has 0 spiro atoms. The molecule has 3 fully saturated rings. The zero-order chi connectivity index (χ0) is 27.9. The lowest BCUT2D eigenvalue weighted by molar-refractivity contribution is -0.0183. The number of halogens is 1. The number of aromatic nitrogens is 2. The number of methoxy groups -OCH3 is 1. The highest BCUT2D eigenvalue weighted by atomic mass is 32.2. The van der Waals surface area contributed by atoms with E-state index in [2.05, 4.69) is 36.3 Å². The summed E-state index contributed by atoms with van der Waals surface area (Å²) >= 11 is 0. The topological polar surface area (TPSA) is 64.4 Å². The minimum absolute atomic E-state index is 0.105. The molecule has 208 valence electrons. The van der Waals surface area contributed by atoms with Crippen LogP contribution in [0.1, 0.15) is 49.3 Å². The second kappa shape index (κ2) is 8.71. The summed E-state index contributed by atoms with van der Waals surface area (Å²) in [6.07, 6.45) is 4.75. The maximum Gasteiger partial charge on any atom is 0.219 e. The number of sulfonamides is 1. The smallest absolute Gasteiger partial charge is 0.219 e. The second-order valence-electron chi connectivity index (χ2n) is 12.3. The normalized spacial score (nSPS) is 27.8. The van der Waals surface area contributed by atoms with Crippen molar-refractivity contribution in [3.63, 3.8) is 0 Å². The molecule has 2 aliphatic carbocycles. The lowest BCUT2D eigenvalue weighted by atomic mass is 9.72.